The van der Waals surface area contributed by atoms with E-state index in [4.69, 9.17) is 0 Å². The van der Waals surface area contributed by atoms with E-state index in [0.717, 1.165) is 18.5 Å². The van der Waals surface area contributed by atoms with Crippen LogP contribution >= 0.6 is 0 Å². The Hall–Kier alpha value is -1.38. The molecule has 0 aromatic carbocycles. The number of carbonyl (C=O) groups excluding carboxylic acids is 1. The number of rotatable bonds is 2. The molecular weight excluding hydrogens is 212 g/mol. The number of amides is 1. The second-order valence-corrected chi connectivity index (χ2v) is 5.27. The van der Waals surface area contributed by atoms with E-state index >= 15 is 0 Å². The largest absolute Gasteiger partial charge is 0.335 e. The monoisotopic (exact) mass is 232 g/mol. The van der Waals surface area contributed by atoms with Gasteiger partial charge < -0.3 is 4.90 Å². The van der Waals surface area contributed by atoms with Crippen molar-refractivity contribution in [1.82, 2.24) is 9.88 Å². The number of aromatic nitrogens is 1. The Balaban J connectivity index is 2.36. The van der Waals surface area contributed by atoms with Crippen molar-refractivity contribution in [3.05, 3.63) is 29.1 Å². The molecule has 0 aliphatic carbocycles. The summed E-state index contributed by atoms with van der Waals surface area (Å²) >= 11 is 0. The highest BCUT2D eigenvalue weighted by Crippen LogP contribution is 2.22. The third-order valence-electron chi connectivity index (χ3n) is 3.36. The molecule has 3 nitrogen and oxygen atoms in total. The first-order valence-corrected chi connectivity index (χ1v) is 6.30. The first-order chi connectivity index (χ1) is 8.00. The molecule has 0 saturated heterocycles. The Labute approximate surface area is 103 Å². The van der Waals surface area contributed by atoms with Gasteiger partial charge in [0.25, 0.3) is 5.91 Å². The molecule has 1 aromatic rings. The van der Waals surface area contributed by atoms with Crippen LogP contribution in [0, 0.1) is 0 Å². The number of nitrogens with zero attached hydrogens (tertiary/aromatic N) is 2. The van der Waals surface area contributed by atoms with Gasteiger partial charge in [-0.3, -0.25) is 9.78 Å². The van der Waals surface area contributed by atoms with Gasteiger partial charge in [-0.15, -0.1) is 0 Å². The number of hydrogen-bond acceptors (Lipinski definition) is 2. The molecule has 1 amide bonds. The van der Waals surface area contributed by atoms with Crippen molar-refractivity contribution in [3.63, 3.8) is 0 Å². The highest BCUT2D eigenvalue weighted by atomic mass is 16.2. The number of hydrogen-bond donors (Lipinski definition) is 0. The molecule has 1 aliphatic rings. The lowest BCUT2D eigenvalue weighted by molar-refractivity contribution is 0.0681. The number of carbonyl (C=O) groups is 1. The Morgan fingerprint density at radius 1 is 1.29 bits per heavy atom. The van der Waals surface area contributed by atoms with Crippen molar-refractivity contribution in [2.45, 2.75) is 46.1 Å². The number of fused-ring (bicyclic) bond motifs is 1. The van der Waals surface area contributed by atoms with Crippen LogP contribution in [-0.4, -0.2) is 28.4 Å². The van der Waals surface area contributed by atoms with E-state index in [2.05, 4.69) is 24.9 Å². The quantitative estimate of drug-likeness (QED) is 0.785. The van der Waals surface area contributed by atoms with Crippen LogP contribution in [0.1, 0.15) is 55.2 Å². The van der Waals surface area contributed by atoms with Crippen LogP contribution < -0.4 is 0 Å². The Bertz CT molecular complexity index is 438. The first-order valence-electron chi connectivity index (χ1n) is 6.30. The van der Waals surface area contributed by atoms with Gasteiger partial charge in [0.05, 0.1) is 0 Å². The summed E-state index contributed by atoms with van der Waals surface area (Å²) in [5.74, 6) is 0.544. The minimum atomic E-state index is 0.0801. The fourth-order valence-electron chi connectivity index (χ4n) is 2.20. The van der Waals surface area contributed by atoms with E-state index in [0.29, 0.717) is 11.6 Å². The molecule has 2 rings (SSSR count). The molecule has 3 heteroatoms. The molecule has 0 N–H and O–H groups in total. The Morgan fingerprint density at radius 3 is 2.59 bits per heavy atom. The highest BCUT2D eigenvalue weighted by molar-refractivity contribution is 5.95. The summed E-state index contributed by atoms with van der Waals surface area (Å²) < 4.78 is 0. The maximum absolute atomic E-state index is 12.2. The lowest BCUT2D eigenvalue weighted by Crippen LogP contribution is -2.42. The Morgan fingerprint density at radius 2 is 2.00 bits per heavy atom. The van der Waals surface area contributed by atoms with E-state index in [-0.39, 0.29) is 11.9 Å². The maximum atomic E-state index is 12.2. The van der Waals surface area contributed by atoms with E-state index in [9.17, 15) is 4.79 Å². The molecule has 0 spiro atoms. The van der Waals surface area contributed by atoms with Gasteiger partial charge in [0.2, 0.25) is 0 Å². The molecule has 92 valence electrons. The molecular formula is C14H20N2O. The predicted octanol–water partition coefficient (Wildman–Crippen LogP) is 2.61. The summed E-state index contributed by atoms with van der Waals surface area (Å²) in [5.41, 5.74) is 2.97. The SMILES string of the molecule is CC(C)c1cnc2c(c1)CCN(C(C)C)C2=O. The van der Waals surface area contributed by atoms with Crippen molar-refractivity contribution >= 4 is 5.91 Å². The van der Waals surface area contributed by atoms with Crippen LogP contribution in [0.4, 0.5) is 0 Å². The summed E-state index contributed by atoms with van der Waals surface area (Å²) in [4.78, 5) is 18.5. The van der Waals surface area contributed by atoms with E-state index in [1.165, 1.54) is 5.56 Å². The third-order valence-corrected chi connectivity index (χ3v) is 3.36. The van der Waals surface area contributed by atoms with Crippen LogP contribution in [0.2, 0.25) is 0 Å². The fraction of sp³-hybridized carbons (Fsp3) is 0.571. The molecule has 1 aliphatic heterocycles. The van der Waals surface area contributed by atoms with Gasteiger partial charge in [0, 0.05) is 18.8 Å². The fourth-order valence-corrected chi connectivity index (χ4v) is 2.20. The molecule has 0 fully saturated rings. The molecule has 0 radical (unpaired) electrons. The molecule has 2 heterocycles. The van der Waals surface area contributed by atoms with Gasteiger partial charge in [0.15, 0.2) is 0 Å². The third kappa shape index (κ3) is 2.19. The van der Waals surface area contributed by atoms with Gasteiger partial charge in [0.1, 0.15) is 5.69 Å². The van der Waals surface area contributed by atoms with Crippen molar-refractivity contribution in [2.24, 2.45) is 0 Å². The minimum absolute atomic E-state index is 0.0801. The molecule has 1 aromatic heterocycles. The standard InChI is InChI=1S/C14H20N2O/c1-9(2)12-7-11-5-6-16(10(3)4)14(17)13(11)15-8-12/h7-10H,5-6H2,1-4H3. The topological polar surface area (TPSA) is 33.2 Å². The van der Waals surface area contributed by atoms with Gasteiger partial charge >= 0.3 is 0 Å². The van der Waals surface area contributed by atoms with E-state index in [1.54, 1.807) is 0 Å². The molecule has 0 unspecified atom stereocenters. The average molecular weight is 232 g/mol. The number of pyridine rings is 1. The van der Waals surface area contributed by atoms with Crippen LogP contribution in [0.5, 0.6) is 0 Å². The zero-order valence-electron chi connectivity index (χ0n) is 11.0. The van der Waals surface area contributed by atoms with Crippen molar-refractivity contribution in [2.75, 3.05) is 6.54 Å². The summed E-state index contributed by atoms with van der Waals surface area (Å²) in [6.45, 7) is 9.20. The molecule has 17 heavy (non-hydrogen) atoms. The minimum Gasteiger partial charge on any atom is -0.335 e. The molecule has 0 bridgehead atoms. The van der Waals surface area contributed by atoms with Crippen molar-refractivity contribution in [1.29, 1.82) is 0 Å². The smallest absolute Gasteiger partial charge is 0.272 e. The second kappa shape index (κ2) is 4.47. The lowest BCUT2D eigenvalue weighted by atomic mass is 9.97. The van der Waals surface area contributed by atoms with Gasteiger partial charge in [-0.1, -0.05) is 19.9 Å². The van der Waals surface area contributed by atoms with Gasteiger partial charge in [-0.25, -0.2) is 0 Å². The maximum Gasteiger partial charge on any atom is 0.272 e. The van der Waals surface area contributed by atoms with Gasteiger partial charge in [-0.05, 0) is 37.3 Å². The summed E-state index contributed by atoms with van der Waals surface area (Å²) in [7, 11) is 0. The summed E-state index contributed by atoms with van der Waals surface area (Å²) in [6, 6.07) is 2.39. The van der Waals surface area contributed by atoms with Crippen LogP contribution in [0.3, 0.4) is 0 Å². The summed E-state index contributed by atoms with van der Waals surface area (Å²) in [5, 5.41) is 0. The normalized spacial score (nSPS) is 15.6. The summed E-state index contributed by atoms with van der Waals surface area (Å²) in [6.07, 6.45) is 2.76. The van der Waals surface area contributed by atoms with Gasteiger partial charge in [-0.2, -0.15) is 0 Å². The molecule has 0 saturated carbocycles. The van der Waals surface area contributed by atoms with Crippen molar-refractivity contribution < 1.29 is 4.79 Å². The zero-order valence-corrected chi connectivity index (χ0v) is 11.0. The lowest BCUT2D eigenvalue weighted by Gasteiger charge is -2.31. The Kier molecular flexibility index (Phi) is 3.18. The van der Waals surface area contributed by atoms with E-state index < -0.39 is 0 Å². The first kappa shape index (κ1) is 12.1. The predicted molar refractivity (Wildman–Crippen MR) is 68.2 cm³/mol. The highest BCUT2D eigenvalue weighted by Gasteiger charge is 2.27. The second-order valence-electron chi connectivity index (χ2n) is 5.27. The van der Waals surface area contributed by atoms with E-state index in [1.807, 2.05) is 24.9 Å². The van der Waals surface area contributed by atoms with Crippen LogP contribution in [0.25, 0.3) is 0 Å². The zero-order chi connectivity index (χ0) is 12.6. The average Bonchev–Trinajstić information content (AvgIpc) is 2.28. The van der Waals surface area contributed by atoms with Crippen LogP contribution in [-0.2, 0) is 6.42 Å². The van der Waals surface area contributed by atoms with Crippen molar-refractivity contribution in [3.8, 4) is 0 Å². The molecule has 0 atom stereocenters. The van der Waals surface area contributed by atoms with Crippen LogP contribution in [0.15, 0.2) is 12.3 Å².